The Balaban J connectivity index is 2.32. The molecule has 25 heavy (non-hydrogen) atoms. The summed E-state index contributed by atoms with van der Waals surface area (Å²) in [5.74, 6) is 0. The molecule has 0 bridgehead atoms. The molecule has 1 saturated heterocycles. The second-order valence-corrected chi connectivity index (χ2v) is 7.95. The van der Waals surface area contributed by atoms with Crippen LogP contribution < -0.4 is 0 Å². The van der Waals surface area contributed by atoms with Crippen molar-refractivity contribution >= 4 is 28.6 Å². The summed E-state index contributed by atoms with van der Waals surface area (Å²) in [4.78, 5) is 0. The summed E-state index contributed by atoms with van der Waals surface area (Å²) in [6.07, 6.45) is 2.09. The quantitative estimate of drug-likeness (QED) is 0.344. The Morgan fingerprint density at radius 1 is 1.28 bits per heavy atom. The zero-order valence-corrected chi connectivity index (χ0v) is 16.9. The average Bonchev–Trinajstić information content (AvgIpc) is 2.75. The molecule has 136 valence electrons. The van der Waals surface area contributed by atoms with E-state index in [1.807, 2.05) is 52.0 Å². The molecule has 2 rings (SSSR count). The van der Waals surface area contributed by atoms with E-state index in [1.54, 1.807) is 6.08 Å². The van der Waals surface area contributed by atoms with Gasteiger partial charge in [0.15, 0.2) is 0 Å². The van der Waals surface area contributed by atoms with Crippen molar-refractivity contribution in [2.75, 3.05) is 13.2 Å². The molecule has 0 amide bonds. The summed E-state index contributed by atoms with van der Waals surface area (Å²) in [6.45, 7) is 12.1. The van der Waals surface area contributed by atoms with Crippen molar-refractivity contribution < 1.29 is 18.4 Å². The van der Waals surface area contributed by atoms with Crippen LogP contribution in [0, 0.1) is 0 Å². The first kappa shape index (κ1) is 20.4. The van der Waals surface area contributed by atoms with E-state index >= 15 is 4.39 Å². The molecule has 0 spiro atoms. The Hall–Kier alpha value is -0.945. The Morgan fingerprint density at radius 3 is 2.48 bits per heavy atom. The first-order chi connectivity index (χ1) is 11.7. The molecule has 6 heteroatoms. The van der Waals surface area contributed by atoms with Crippen molar-refractivity contribution in [3.63, 3.8) is 0 Å². The summed E-state index contributed by atoms with van der Waals surface area (Å²) in [5, 5.41) is 0. The van der Waals surface area contributed by atoms with Gasteiger partial charge >= 0.3 is 7.12 Å². The molecule has 1 heterocycles. The molecular weight excluding hydrogens is 386 g/mol. The number of rotatable bonds is 7. The lowest BCUT2D eigenvalue weighted by Crippen LogP contribution is -2.41. The Labute approximate surface area is 158 Å². The van der Waals surface area contributed by atoms with Crippen LogP contribution in [0.5, 0.6) is 0 Å². The van der Waals surface area contributed by atoms with E-state index in [-0.39, 0.29) is 0 Å². The van der Waals surface area contributed by atoms with E-state index < -0.39 is 24.0 Å². The molecule has 3 nitrogen and oxygen atoms in total. The van der Waals surface area contributed by atoms with Crippen LogP contribution in [0.25, 0.3) is 5.57 Å². The zero-order chi connectivity index (χ0) is 18.7. The first-order valence-electron chi connectivity index (χ1n) is 8.37. The van der Waals surface area contributed by atoms with Gasteiger partial charge in [-0.05, 0) is 57.4 Å². The maximum Gasteiger partial charge on any atom is 0.525 e. The highest BCUT2D eigenvalue weighted by atomic mass is 79.9. The average molecular weight is 411 g/mol. The molecular formula is C19H25BBrFO3. The lowest BCUT2D eigenvalue weighted by molar-refractivity contribution is 0.00578. The van der Waals surface area contributed by atoms with Gasteiger partial charge < -0.3 is 14.0 Å². The molecule has 1 aliphatic heterocycles. The fourth-order valence-corrected chi connectivity index (χ4v) is 2.91. The van der Waals surface area contributed by atoms with Crippen molar-refractivity contribution in [3.05, 3.63) is 52.7 Å². The summed E-state index contributed by atoms with van der Waals surface area (Å²) in [7, 11) is -1.02. The lowest BCUT2D eigenvalue weighted by atomic mass is 9.82. The van der Waals surface area contributed by atoms with Gasteiger partial charge in [-0.3, -0.25) is 0 Å². The molecule has 0 atom stereocenters. The fraction of sp³-hybridized carbons (Fsp3) is 0.474. The third-order valence-corrected chi connectivity index (χ3v) is 5.15. The largest absolute Gasteiger partial charge is 0.525 e. The summed E-state index contributed by atoms with van der Waals surface area (Å²) in [6, 6.07) is 7.54. The Bertz CT molecular complexity index is 642. The highest BCUT2D eigenvalue weighted by Crippen LogP contribution is 2.40. The monoisotopic (exact) mass is 410 g/mol. The molecule has 0 aliphatic carbocycles. The standard InChI is InChI=1S/C19H25BBrFO3/c1-6-11-23-12-10-16(14-8-7-9-15(21)13-14)17(22)20-24-18(2,3)19(4,5)25-20/h6-9,13H,1,10-12H2,2-5H3. The summed E-state index contributed by atoms with van der Waals surface area (Å²) >= 11 is 3.44. The van der Waals surface area contributed by atoms with Crippen LogP contribution in [0.3, 0.4) is 0 Å². The number of ether oxygens (including phenoxy) is 1. The van der Waals surface area contributed by atoms with Crippen LogP contribution in [0.15, 0.2) is 47.1 Å². The van der Waals surface area contributed by atoms with E-state index in [4.69, 9.17) is 14.0 Å². The van der Waals surface area contributed by atoms with E-state index in [0.29, 0.717) is 25.2 Å². The second kappa shape index (κ2) is 8.17. The van der Waals surface area contributed by atoms with Crippen LogP contribution in [0.2, 0.25) is 0 Å². The maximum absolute atomic E-state index is 15.3. The second-order valence-electron chi connectivity index (χ2n) is 7.04. The third-order valence-electron chi connectivity index (χ3n) is 4.65. The molecule has 1 aromatic carbocycles. The minimum atomic E-state index is -1.02. The minimum Gasteiger partial charge on any atom is -0.398 e. The van der Waals surface area contributed by atoms with E-state index in [0.717, 1.165) is 10.0 Å². The predicted octanol–water partition coefficient (Wildman–Crippen LogP) is 5.35. The van der Waals surface area contributed by atoms with Gasteiger partial charge in [-0.1, -0.05) is 34.1 Å². The molecule has 1 fully saturated rings. The molecule has 0 aromatic heterocycles. The first-order valence-corrected chi connectivity index (χ1v) is 9.16. The van der Waals surface area contributed by atoms with Gasteiger partial charge in [0.2, 0.25) is 0 Å². The summed E-state index contributed by atoms with van der Waals surface area (Å²) in [5.41, 5.74) is -0.264. The number of benzene rings is 1. The van der Waals surface area contributed by atoms with Crippen LogP contribution >= 0.6 is 15.9 Å². The zero-order valence-electron chi connectivity index (χ0n) is 15.3. The predicted molar refractivity (Wildman–Crippen MR) is 104 cm³/mol. The van der Waals surface area contributed by atoms with Crippen LogP contribution in [0.4, 0.5) is 4.39 Å². The number of halogens is 2. The highest BCUT2D eigenvalue weighted by molar-refractivity contribution is 9.10. The van der Waals surface area contributed by atoms with Gasteiger partial charge in [0.25, 0.3) is 0 Å². The van der Waals surface area contributed by atoms with Crippen molar-refractivity contribution in [2.24, 2.45) is 0 Å². The lowest BCUT2D eigenvalue weighted by Gasteiger charge is -2.32. The maximum atomic E-state index is 15.3. The molecule has 0 unspecified atom stereocenters. The molecule has 0 saturated carbocycles. The number of hydrogen-bond acceptors (Lipinski definition) is 3. The molecule has 0 radical (unpaired) electrons. The van der Waals surface area contributed by atoms with Crippen molar-refractivity contribution in [1.82, 2.24) is 0 Å². The molecule has 0 N–H and O–H groups in total. The Morgan fingerprint density at radius 2 is 1.92 bits per heavy atom. The van der Waals surface area contributed by atoms with Gasteiger partial charge in [-0.15, -0.1) is 6.58 Å². The summed E-state index contributed by atoms with van der Waals surface area (Å²) < 4.78 is 33.4. The SMILES string of the molecule is C=CCOCCC(=C(F)B1OC(C)(C)C(C)(C)O1)c1cccc(Br)c1. The van der Waals surface area contributed by atoms with Gasteiger partial charge in [0.05, 0.1) is 24.4 Å². The van der Waals surface area contributed by atoms with Crippen molar-refractivity contribution in [2.45, 2.75) is 45.3 Å². The fourth-order valence-electron chi connectivity index (χ4n) is 2.51. The van der Waals surface area contributed by atoms with E-state index in [2.05, 4.69) is 22.5 Å². The molecule has 1 aromatic rings. The van der Waals surface area contributed by atoms with E-state index in [1.165, 1.54) is 0 Å². The normalized spacial score (nSPS) is 19.7. The van der Waals surface area contributed by atoms with Crippen LogP contribution in [-0.4, -0.2) is 31.5 Å². The van der Waals surface area contributed by atoms with Crippen LogP contribution in [0.1, 0.15) is 39.7 Å². The van der Waals surface area contributed by atoms with Crippen molar-refractivity contribution in [3.8, 4) is 0 Å². The van der Waals surface area contributed by atoms with Crippen LogP contribution in [-0.2, 0) is 14.0 Å². The third kappa shape index (κ3) is 4.82. The smallest absolute Gasteiger partial charge is 0.398 e. The molecule has 1 aliphatic rings. The van der Waals surface area contributed by atoms with E-state index in [9.17, 15) is 0 Å². The van der Waals surface area contributed by atoms with Gasteiger partial charge in [-0.2, -0.15) is 0 Å². The van der Waals surface area contributed by atoms with Gasteiger partial charge in [-0.25, -0.2) is 4.39 Å². The van der Waals surface area contributed by atoms with Crippen molar-refractivity contribution in [1.29, 1.82) is 0 Å². The highest BCUT2D eigenvalue weighted by Gasteiger charge is 2.53. The number of hydrogen-bond donors (Lipinski definition) is 0. The Kier molecular flexibility index (Phi) is 6.65. The topological polar surface area (TPSA) is 27.7 Å². The van der Waals surface area contributed by atoms with Gasteiger partial charge in [0, 0.05) is 4.47 Å². The van der Waals surface area contributed by atoms with Gasteiger partial charge in [0.1, 0.15) is 5.73 Å². The minimum absolute atomic E-state index is 0.390.